The van der Waals surface area contributed by atoms with Crippen molar-refractivity contribution in [2.24, 2.45) is 0 Å². The van der Waals surface area contributed by atoms with Gasteiger partial charge < -0.3 is 0 Å². The summed E-state index contributed by atoms with van der Waals surface area (Å²) in [5.41, 5.74) is 2.59. The summed E-state index contributed by atoms with van der Waals surface area (Å²) in [4.78, 5) is 0. The molecule has 1 heterocycles. The maximum absolute atomic E-state index is 3.54. The normalized spacial score (nSPS) is 10.8. The second-order valence-electron chi connectivity index (χ2n) is 5.79. The highest BCUT2D eigenvalue weighted by Gasteiger charge is 2.14. The van der Waals surface area contributed by atoms with E-state index in [2.05, 4.69) is 123 Å². The first-order valence-electron chi connectivity index (χ1n) is 8.01. The molecule has 0 nitrogen and oxygen atoms in total. The molecule has 122 valence electrons. The Kier molecular flexibility index (Phi) is 4.94. The monoisotopic (exact) mass is 468 g/mol. The van der Waals surface area contributed by atoms with E-state index in [1.807, 2.05) is 0 Å². The summed E-state index contributed by atoms with van der Waals surface area (Å²) in [6.07, 6.45) is 0. The smallest absolute Gasteiger partial charge is 0.0175 e. The summed E-state index contributed by atoms with van der Waals surface area (Å²) in [5.74, 6) is 0. The van der Waals surface area contributed by atoms with E-state index in [0.29, 0.717) is 0 Å². The molecule has 25 heavy (non-hydrogen) atoms. The standard InChI is InChI=1S/C22H15Br2P/c23-18-10-6-16(7-11-18)21-14-15-22(17-8-12-19(24)13-9-17)25(21)20-4-2-1-3-5-20/h1-15H. The van der Waals surface area contributed by atoms with Crippen LogP contribution in [-0.2, 0) is 0 Å². The van der Waals surface area contributed by atoms with E-state index >= 15 is 0 Å². The molecule has 1 aromatic heterocycles. The summed E-state index contributed by atoms with van der Waals surface area (Å²) in [5, 5.41) is 4.21. The van der Waals surface area contributed by atoms with Crippen LogP contribution in [-0.4, -0.2) is 0 Å². The van der Waals surface area contributed by atoms with Gasteiger partial charge in [-0.25, -0.2) is 0 Å². The number of benzene rings is 3. The van der Waals surface area contributed by atoms with Crippen LogP contribution in [0.4, 0.5) is 0 Å². The third-order valence-electron chi connectivity index (χ3n) is 4.18. The molecule has 3 aromatic carbocycles. The van der Waals surface area contributed by atoms with Gasteiger partial charge in [-0.15, -0.1) is 0 Å². The Balaban J connectivity index is 1.94. The lowest BCUT2D eigenvalue weighted by atomic mass is 10.2. The molecule has 0 unspecified atom stereocenters. The third-order valence-corrected chi connectivity index (χ3v) is 7.83. The second-order valence-corrected chi connectivity index (χ2v) is 9.77. The maximum atomic E-state index is 3.54. The molecule has 0 fully saturated rings. The number of halogens is 2. The highest BCUT2D eigenvalue weighted by molar-refractivity contribution is 9.10. The van der Waals surface area contributed by atoms with E-state index in [1.165, 1.54) is 27.0 Å². The molecular weight excluding hydrogens is 455 g/mol. The maximum Gasteiger partial charge on any atom is 0.0175 e. The summed E-state index contributed by atoms with van der Waals surface area (Å²) in [7, 11) is -0.547. The molecule has 0 amide bonds. The van der Waals surface area contributed by atoms with Gasteiger partial charge in [0.05, 0.1) is 0 Å². The third kappa shape index (κ3) is 3.53. The number of hydrogen-bond donors (Lipinski definition) is 0. The fraction of sp³-hybridized carbons (Fsp3) is 0. The van der Waals surface area contributed by atoms with Crippen LogP contribution >= 0.6 is 39.4 Å². The predicted octanol–water partition coefficient (Wildman–Crippen LogP) is 8.52. The van der Waals surface area contributed by atoms with E-state index in [-0.39, 0.29) is 0 Å². The van der Waals surface area contributed by atoms with Crippen LogP contribution in [0, 0.1) is 0 Å². The molecule has 0 aliphatic carbocycles. The zero-order valence-corrected chi connectivity index (χ0v) is 17.4. The van der Waals surface area contributed by atoms with Crippen LogP contribution in [0.2, 0.25) is 0 Å². The van der Waals surface area contributed by atoms with Crippen molar-refractivity contribution in [2.45, 2.75) is 0 Å². The molecule has 4 aromatic rings. The zero-order valence-electron chi connectivity index (χ0n) is 13.4. The Morgan fingerprint density at radius 1 is 0.480 bits per heavy atom. The molecule has 0 bridgehead atoms. The quantitative estimate of drug-likeness (QED) is 0.282. The van der Waals surface area contributed by atoms with Crippen molar-refractivity contribution >= 4 is 39.4 Å². The van der Waals surface area contributed by atoms with Crippen LogP contribution < -0.4 is 0 Å². The largest absolute Gasteiger partial charge is 0.0773 e. The van der Waals surface area contributed by atoms with Crippen molar-refractivity contribution in [2.75, 3.05) is 0 Å². The molecular formula is C22H15Br2P. The van der Waals surface area contributed by atoms with Gasteiger partial charge in [-0.3, -0.25) is 0 Å². The molecule has 0 N–H and O–H groups in total. The topological polar surface area (TPSA) is 0 Å². The highest BCUT2D eigenvalue weighted by Crippen LogP contribution is 2.56. The molecule has 0 radical (unpaired) electrons. The van der Waals surface area contributed by atoms with Crippen LogP contribution in [0.3, 0.4) is 0 Å². The van der Waals surface area contributed by atoms with E-state index < -0.39 is 7.53 Å². The number of hydrogen-bond acceptors (Lipinski definition) is 0. The zero-order chi connectivity index (χ0) is 17.2. The molecule has 0 saturated carbocycles. The van der Waals surface area contributed by atoms with Crippen LogP contribution in [0.5, 0.6) is 0 Å². The average molecular weight is 470 g/mol. The summed E-state index contributed by atoms with van der Waals surface area (Å²) >= 11 is 7.08. The minimum absolute atomic E-state index is 0.547. The Labute approximate surface area is 165 Å². The first-order valence-corrected chi connectivity index (χ1v) is 10.9. The van der Waals surface area contributed by atoms with Gasteiger partial charge in [-0.1, -0.05) is 94.0 Å². The van der Waals surface area contributed by atoms with Crippen LogP contribution in [0.1, 0.15) is 0 Å². The Bertz CT molecular complexity index is 922. The van der Waals surface area contributed by atoms with Gasteiger partial charge in [0.1, 0.15) is 0 Å². The van der Waals surface area contributed by atoms with Gasteiger partial charge in [-0.05, 0) is 52.8 Å². The molecule has 0 aliphatic heterocycles. The fourth-order valence-corrected chi connectivity index (χ4v) is 6.06. The van der Waals surface area contributed by atoms with Crippen molar-refractivity contribution in [3.8, 4) is 27.0 Å². The first kappa shape index (κ1) is 16.8. The highest BCUT2D eigenvalue weighted by atomic mass is 79.9. The molecule has 3 heteroatoms. The van der Waals surface area contributed by atoms with Crippen molar-refractivity contribution in [1.29, 1.82) is 0 Å². The fourth-order valence-electron chi connectivity index (χ4n) is 2.98. The minimum atomic E-state index is -0.547. The molecule has 4 rings (SSSR count). The molecule has 0 saturated heterocycles. The number of rotatable bonds is 3. The van der Waals surface area contributed by atoms with E-state index in [1.54, 1.807) is 0 Å². The Morgan fingerprint density at radius 2 is 0.920 bits per heavy atom. The second kappa shape index (κ2) is 7.33. The predicted molar refractivity (Wildman–Crippen MR) is 117 cm³/mol. The van der Waals surface area contributed by atoms with Crippen molar-refractivity contribution in [1.82, 2.24) is 0 Å². The van der Waals surface area contributed by atoms with E-state index in [9.17, 15) is 0 Å². The molecule has 0 spiro atoms. The van der Waals surface area contributed by atoms with Gasteiger partial charge in [0.2, 0.25) is 0 Å². The first-order chi connectivity index (χ1) is 12.2. The van der Waals surface area contributed by atoms with Gasteiger partial charge in [0.15, 0.2) is 0 Å². The molecule has 0 aliphatic rings. The van der Waals surface area contributed by atoms with E-state index in [0.717, 1.165) is 8.95 Å². The lowest BCUT2D eigenvalue weighted by molar-refractivity contribution is 1.64. The van der Waals surface area contributed by atoms with Gasteiger partial charge in [-0.2, -0.15) is 0 Å². The van der Waals surface area contributed by atoms with Crippen LogP contribution in [0.15, 0.2) is 99.9 Å². The summed E-state index contributed by atoms with van der Waals surface area (Å²) < 4.78 is 2.22. The summed E-state index contributed by atoms with van der Waals surface area (Å²) in [6, 6.07) is 32.7. The molecule has 0 atom stereocenters. The lowest BCUT2D eigenvalue weighted by Gasteiger charge is -2.11. The SMILES string of the molecule is Brc1ccc(-c2ccc(-c3ccc(Br)cc3)p2-c2ccccc2)cc1. The Morgan fingerprint density at radius 3 is 1.36 bits per heavy atom. The van der Waals surface area contributed by atoms with Crippen molar-refractivity contribution in [3.63, 3.8) is 0 Å². The van der Waals surface area contributed by atoms with Gasteiger partial charge in [0, 0.05) is 19.5 Å². The average Bonchev–Trinajstić information content (AvgIpc) is 3.09. The van der Waals surface area contributed by atoms with Crippen molar-refractivity contribution in [3.05, 3.63) is 99.9 Å². The lowest BCUT2D eigenvalue weighted by Crippen LogP contribution is -1.76. The minimum Gasteiger partial charge on any atom is -0.0773 e. The van der Waals surface area contributed by atoms with Gasteiger partial charge in [0.25, 0.3) is 0 Å². The van der Waals surface area contributed by atoms with Crippen molar-refractivity contribution < 1.29 is 0 Å². The van der Waals surface area contributed by atoms with Gasteiger partial charge >= 0.3 is 0 Å². The Hall–Kier alpha value is -1.60. The van der Waals surface area contributed by atoms with Crippen LogP contribution in [0.25, 0.3) is 27.0 Å². The summed E-state index contributed by atoms with van der Waals surface area (Å²) in [6.45, 7) is 0. The van der Waals surface area contributed by atoms with E-state index in [4.69, 9.17) is 0 Å².